The topological polar surface area (TPSA) is 49.4 Å². The van der Waals surface area contributed by atoms with Crippen molar-refractivity contribution in [1.29, 1.82) is 0 Å². The molecule has 8 heteroatoms. The number of carbonyl (C=O) groups is 2. The number of alkyl halides is 3. The van der Waals surface area contributed by atoms with Crippen molar-refractivity contribution in [2.75, 3.05) is 4.90 Å². The molecule has 1 N–H and O–H groups in total. The van der Waals surface area contributed by atoms with Gasteiger partial charge in [0.25, 0.3) is 0 Å². The van der Waals surface area contributed by atoms with Crippen LogP contribution in [-0.4, -0.2) is 24.0 Å². The minimum absolute atomic E-state index is 0.0479. The van der Waals surface area contributed by atoms with Gasteiger partial charge in [-0.1, -0.05) is 44.4 Å². The highest BCUT2D eigenvalue weighted by Crippen LogP contribution is 2.35. The van der Waals surface area contributed by atoms with Crippen LogP contribution in [-0.2, 0) is 16.0 Å². The van der Waals surface area contributed by atoms with E-state index in [0.29, 0.717) is 16.2 Å². The molecule has 1 heterocycles. The lowest BCUT2D eigenvalue weighted by Crippen LogP contribution is -2.50. The fourth-order valence-electron chi connectivity index (χ4n) is 3.76. The first kappa shape index (κ1) is 22.3. The second-order valence-electron chi connectivity index (χ2n) is 7.45. The Hall–Kier alpha value is -2.35. The zero-order chi connectivity index (χ0) is 21.7. The first-order chi connectivity index (χ1) is 14.3. The van der Waals surface area contributed by atoms with Crippen LogP contribution < -0.4 is 10.2 Å². The van der Waals surface area contributed by atoms with Gasteiger partial charge in [0.1, 0.15) is 0 Å². The zero-order valence-electron chi connectivity index (χ0n) is 16.7. The van der Waals surface area contributed by atoms with E-state index in [0.717, 1.165) is 49.0 Å². The van der Waals surface area contributed by atoms with E-state index < -0.39 is 24.0 Å². The first-order valence-electron chi connectivity index (χ1n) is 10.1. The Morgan fingerprint density at radius 3 is 2.33 bits per heavy atom. The number of thiophene rings is 1. The quantitative estimate of drug-likeness (QED) is 0.657. The molecule has 1 aromatic carbocycles. The fourth-order valence-corrected chi connectivity index (χ4v) is 4.57. The van der Waals surface area contributed by atoms with Crippen LogP contribution in [0.25, 0.3) is 0 Å². The zero-order valence-corrected chi connectivity index (χ0v) is 17.6. The van der Waals surface area contributed by atoms with Gasteiger partial charge in [0.2, 0.25) is 5.91 Å². The number of halogens is 3. The van der Waals surface area contributed by atoms with Gasteiger partial charge in [0.15, 0.2) is 6.04 Å². The van der Waals surface area contributed by atoms with Crippen molar-refractivity contribution in [3.63, 3.8) is 0 Å². The minimum Gasteiger partial charge on any atom is -0.351 e. The number of amides is 2. The van der Waals surface area contributed by atoms with Crippen molar-refractivity contribution in [2.24, 2.45) is 0 Å². The number of benzene rings is 1. The predicted molar refractivity (Wildman–Crippen MR) is 111 cm³/mol. The highest BCUT2D eigenvalue weighted by Gasteiger charge is 2.47. The highest BCUT2D eigenvalue weighted by molar-refractivity contribution is 7.10. The van der Waals surface area contributed by atoms with E-state index in [2.05, 4.69) is 5.32 Å². The van der Waals surface area contributed by atoms with Crippen LogP contribution >= 0.6 is 11.3 Å². The third-order valence-electron chi connectivity index (χ3n) is 5.35. The van der Waals surface area contributed by atoms with Gasteiger partial charge in [0.05, 0.1) is 0 Å². The van der Waals surface area contributed by atoms with Crippen LogP contribution in [0.2, 0.25) is 0 Å². The van der Waals surface area contributed by atoms with Crippen molar-refractivity contribution in [1.82, 2.24) is 5.32 Å². The Morgan fingerprint density at radius 1 is 1.13 bits per heavy atom. The molecule has 2 amide bonds. The van der Waals surface area contributed by atoms with Gasteiger partial charge >= 0.3 is 12.1 Å². The number of nitrogens with zero attached hydrogens (tertiary/aromatic N) is 1. The van der Waals surface area contributed by atoms with Gasteiger partial charge in [-0.05, 0) is 48.4 Å². The first-order valence-corrected chi connectivity index (χ1v) is 11.0. The molecule has 1 aromatic heterocycles. The normalized spacial score (nSPS) is 16.1. The summed E-state index contributed by atoms with van der Waals surface area (Å²) in [6, 6.07) is 8.08. The number of rotatable bonds is 6. The van der Waals surface area contributed by atoms with E-state index in [1.165, 1.54) is 12.1 Å². The summed E-state index contributed by atoms with van der Waals surface area (Å²) in [4.78, 5) is 26.7. The van der Waals surface area contributed by atoms with Crippen molar-refractivity contribution >= 4 is 28.8 Å². The van der Waals surface area contributed by atoms with E-state index in [1.54, 1.807) is 29.6 Å². The summed E-state index contributed by atoms with van der Waals surface area (Å²) in [6.45, 7) is 1.93. The maximum Gasteiger partial charge on any atom is 0.471 e. The summed E-state index contributed by atoms with van der Waals surface area (Å²) >= 11 is 1.16. The van der Waals surface area contributed by atoms with Crippen molar-refractivity contribution in [3.05, 3.63) is 52.2 Å². The van der Waals surface area contributed by atoms with Gasteiger partial charge in [-0.15, -0.1) is 11.3 Å². The van der Waals surface area contributed by atoms with E-state index in [4.69, 9.17) is 0 Å². The van der Waals surface area contributed by atoms with E-state index in [1.807, 2.05) is 6.92 Å². The molecule has 1 aliphatic carbocycles. The van der Waals surface area contributed by atoms with Crippen LogP contribution in [0.4, 0.5) is 18.9 Å². The third kappa shape index (κ3) is 5.22. The maximum absolute atomic E-state index is 13.5. The smallest absolute Gasteiger partial charge is 0.351 e. The van der Waals surface area contributed by atoms with Gasteiger partial charge in [0, 0.05) is 16.6 Å². The van der Waals surface area contributed by atoms with Crippen LogP contribution in [0.3, 0.4) is 0 Å². The Labute approximate surface area is 178 Å². The Balaban J connectivity index is 2.01. The summed E-state index contributed by atoms with van der Waals surface area (Å²) in [7, 11) is 0. The van der Waals surface area contributed by atoms with Gasteiger partial charge in [-0.3, -0.25) is 14.5 Å². The number of hydrogen-bond donors (Lipinski definition) is 1. The predicted octanol–water partition coefficient (Wildman–Crippen LogP) is 5.40. The molecule has 2 aromatic rings. The number of aryl methyl sites for hydroxylation is 1. The molecule has 3 rings (SSSR count). The number of nitrogens with one attached hydrogen (secondary N) is 1. The monoisotopic (exact) mass is 438 g/mol. The van der Waals surface area contributed by atoms with Gasteiger partial charge in [-0.25, -0.2) is 0 Å². The molecule has 1 atom stereocenters. The van der Waals surface area contributed by atoms with Gasteiger partial charge < -0.3 is 5.32 Å². The lowest BCUT2D eigenvalue weighted by atomic mass is 9.95. The summed E-state index contributed by atoms with van der Waals surface area (Å²) in [5.74, 6) is -2.63. The molecule has 1 saturated carbocycles. The van der Waals surface area contributed by atoms with Crippen molar-refractivity contribution < 1.29 is 22.8 Å². The van der Waals surface area contributed by atoms with E-state index >= 15 is 0 Å². The Kier molecular flexibility index (Phi) is 7.18. The molecule has 30 heavy (non-hydrogen) atoms. The summed E-state index contributed by atoms with van der Waals surface area (Å²) in [5, 5.41) is 4.58. The van der Waals surface area contributed by atoms with Crippen LogP contribution in [0.1, 0.15) is 55.5 Å². The Bertz CT molecular complexity index is 844. The van der Waals surface area contributed by atoms with E-state index in [9.17, 15) is 22.8 Å². The molecule has 0 spiro atoms. The van der Waals surface area contributed by atoms with Crippen molar-refractivity contribution in [2.45, 2.75) is 63.7 Å². The van der Waals surface area contributed by atoms with Crippen LogP contribution in [0, 0.1) is 0 Å². The second-order valence-corrected chi connectivity index (χ2v) is 8.43. The number of carbonyl (C=O) groups excluding carboxylic acids is 2. The second kappa shape index (κ2) is 9.64. The molecule has 0 aliphatic heterocycles. The molecular formula is C22H25F3N2O2S. The summed E-state index contributed by atoms with van der Waals surface area (Å²) in [5.41, 5.74) is 0.976. The lowest BCUT2D eigenvalue weighted by Gasteiger charge is -2.33. The molecule has 0 saturated heterocycles. The lowest BCUT2D eigenvalue weighted by molar-refractivity contribution is -0.171. The largest absolute Gasteiger partial charge is 0.471 e. The molecule has 4 nitrogen and oxygen atoms in total. The van der Waals surface area contributed by atoms with Crippen molar-refractivity contribution in [3.8, 4) is 0 Å². The number of hydrogen-bond acceptors (Lipinski definition) is 3. The van der Waals surface area contributed by atoms with Crippen LogP contribution in [0.15, 0.2) is 41.8 Å². The summed E-state index contributed by atoms with van der Waals surface area (Å²) < 4.78 is 40.6. The van der Waals surface area contributed by atoms with Crippen LogP contribution in [0.5, 0.6) is 0 Å². The van der Waals surface area contributed by atoms with E-state index in [-0.39, 0.29) is 11.7 Å². The fraction of sp³-hybridized carbons (Fsp3) is 0.455. The molecular weight excluding hydrogens is 413 g/mol. The number of anilines is 1. The standard InChI is InChI=1S/C22H25F3N2O2S/c1-2-15-10-12-17(13-11-15)27(21(29)22(23,24)25)19(18-9-6-14-30-18)20(28)26-16-7-4-3-5-8-16/h6,9-14,16,19H,2-5,7-8H2,1H3,(H,26,28). The summed E-state index contributed by atoms with van der Waals surface area (Å²) in [6.07, 6.45) is 0.219. The molecule has 1 fully saturated rings. The average molecular weight is 439 g/mol. The average Bonchev–Trinajstić information content (AvgIpc) is 3.25. The molecule has 162 valence electrons. The highest BCUT2D eigenvalue weighted by atomic mass is 32.1. The molecule has 0 bridgehead atoms. The maximum atomic E-state index is 13.5. The molecule has 1 aliphatic rings. The van der Waals surface area contributed by atoms with Gasteiger partial charge in [-0.2, -0.15) is 13.2 Å². The minimum atomic E-state index is -5.11. The Morgan fingerprint density at radius 2 is 1.80 bits per heavy atom. The third-order valence-corrected chi connectivity index (χ3v) is 6.28. The molecule has 0 radical (unpaired) electrons. The molecule has 1 unspecified atom stereocenters. The SMILES string of the molecule is CCc1ccc(N(C(=O)C(F)(F)F)C(C(=O)NC2CCCCC2)c2cccs2)cc1.